The van der Waals surface area contributed by atoms with Crippen molar-refractivity contribution in [2.24, 2.45) is 0 Å². The van der Waals surface area contributed by atoms with Crippen molar-refractivity contribution >= 4 is 0 Å². The molecule has 2 heterocycles. The molecular formula is C18H27N5. The van der Waals surface area contributed by atoms with E-state index in [1.54, 1.807) is 0 Å². The Bertz CT molecular complexity index is 478. The Morgan fingerprint density at radius 1 is 0.826 bits per heavy atom. The molecule has 5 heteroatoms. The zero-order valence-electron chi connectivity index (χ0n) is 13.8. The number of rotatable bonds is 11. The molecule has 124 valence electrons. The highest BCUT2D eigenvalue weighted by molar-refractivity contribution is 5.21. The summed E-state index contributed by atoms with van der Waals surface area (Å²) in [6, 6.07) is 12.0. The second kappa shape index (κ2) is 10.8. The van der Waals surface area contributed by atoms with Crippen molar-refractivity contribution < 1.29 is 0 Å². The quantitative estimate of drug-likeness (QED) is 0.552. The zero-order valence-corrected chi connectivity index (χ0v) is 13.8. The predicted octanol–water partition coefficient (Wildman–Crippen LogP) is 1.74. The van der Waals surface area contributed by atoms with Crippen LogP contribution in [0.1, 0.15) is 30.3 Å². The third kappa shape index (κ3) is 6.44. The molecule has 0 unspecified atom stereocenters. The average Bonchev–Trinajstić information content (AvgIpc) is 2.62. The van der Waals surface area contributed by atoms with Crippen molar-refractivity contribution in [1.82, 2.24) is 25.9 Å². The van der Waals surface area contributed by atoms with Gasteiger partial charge in [0.15, 0.2) is 0 Å². The van der Waals surface area contributed by atoms with Crippen LogP contribution in [0.5, 0.6) is 0 Å². The van der Waals surface area contributed by atoms with Crippen LogP contribution in [0.4, 0.5) is 0 Å². The fourth-order valence-electron chi connectivity index (χ4n) is 2.43. The number of hydrogen-bond donors (Lipinski definition) is 3. The fraction of sp³-hybridized carbons (Fsp3) is 0.444. The molecule has 23 heavy (non-hydrogen) atoms. The maximum atomic E-state index is 4.48. The second-order valence-corrected chi connectivity index (χ2v) is 5.46. The lowest BCUT2D eigenvalue weighted by atomic mass is 10.1. The third-order valence-electron chi connectivity index (χ3n) is 3.63. The van der Waals surface area contributed by atoms with Crippen molar-refractivity contribution in [3.05, 3.63) is 60.2 Å². The van der Waals surface area contributed by atoms with Crippen LogP contribution >= 0.6 is 0 Å². The van der Waals surface area contributed by atoms with Crippen LogP contribution in [0.3, 0.4) is 0 Å². The summed E-state index contributed by atoms with van der Waals surface area (Å²) in [5.74, 6) is 0. The minimum Gasteiger partial charge on any atom is -0.320 e. The summed E-state index contributed by atoms with van der Waals surface area (Å²) < 4.78 is 0. The highest BCUT2D eigenvalue weighted by Crippen LogP contribution is 2.17. The van der Waals surface area contributed by atoms with Gasteiger partial charge in [-0.15, -0.1) is 0 Å². The largest absolute Gasteiger partial charge is 0.320 e. The molecule has 0 aliphatic carbocycles. The van der Waals surface area contributed by atoms with E-state index in [2.05, 4.69) is 25.9 Å². The standard InChI is InChI=1S/C18H27N5/c1-19-10-6-11-20-12-7-15-23-18(16-8-2-4-13-21-16)17-9-3-5-14-22-17/h2-5,8-9,13-14,18-20,23H,6-7,10-12,15H2,1H3. The van der Waals surface area contributed by atoms with Crippen LogP contribution in [0, 0.1) is 0 Å². The van der Waals surface area contributed by atoms with Gasteiger partial charge in [-0.05, 0) is 70.3 Å². The summed E-state index contributed by atoms with van der Waals surface area (Å²) in [5.41, 5.74) is 2.02. The summed E-state index contributed by atoms with van der Waals surface area (Å²) >= 11 is 0. The van der Waals surface area contributed by atoms with Gasteiger partial charge < -0.3 is 16.0 Å². The van der Waals surface area contributed by atoms with Crippen molar-refractivity contribution in [2.45, 2.75) is 18.9 Å². The Balaban J connectivity index is 1.80. The van der Waals surface area contributed by atoms with Crippen LogP contribution in [0.2, 0.25) is 0 Å². The van der Waals surface area contributed by atoms with Gasteiger partial charge in [0.2, 0.25) is 0 Å². The van der Waals surface area contributed by atoms with Gasteiger partial charge >= 0.3 is 0 Å². The molecule has 0 aromatic carbocycles. The van der Waals surface area contributed by atoms with E-state index in [9.17, 15) is 0 Å². The first-order chi connectivity index (χ1) is 11.4. The van der Waals surface area contributed by atoms with Gasteiger partial charge in [0.05, 0.1) is 17.4 Å². The maximum Gasteiger partial charge on any atom is 0.0925 e. The maximum absolute atomic E-state index is 4.48. The van der Waals surface area contributed by atoms with Gasteiger partial charge in [0.1, 0.15) is 0 Å². The molecular weight excluding hydrogens is 286 g/mol. The number of nitrogens with one attached hydrogen (secondary N) is 3. The van der Waals surface area contributed by atoms with Crippen LogP contribution in [0.25, 0.3) is 0 Å². The van der Waals surface area contributed by atoms with Gasteiger partial charge in [-0.1, -0.05) is 12.1 Å². The fourth-order valence-corrected chi connectivity index (χ4v) is 2.43. The molecule has 3 N–H and O–H groups in total. The van der Waals surface area contributed by atoms with E-state index in [1.165, 1.54) is 0 Å². The summed E-state index contributed by atoms with van der Waals surface area (Å²) in [4.78, 5) is 8.96. The van der Waals surface area contributed by atoms with Gasteiger partial charge in [0.25, 0.3) is 0 Å². The average molecular weight is 313 g/mol. The summed E-state index contributed by atoms with van der Waals surface area (Å²) in [6.07, 6.45) is 5.90. The molecule has 5 nitrogen and oxygen atoms in total. The first kappa shape index (κ1) is 17.5. The van der Waals surface area contributed by atoms with Crippen molar-refractivity contribution in [3.8, 4) is 0 Å². The number of aromatic nitrogens is 2. The Hall–Kier alpha value is -1.82. The Morgan fingerprint density at radius 3 is 1.96 bits per heavy atom. The smallest absolute Gasteiger partial charge is 0.0925 e. The van der Waals surface area contributed by atoms with Crippen LogP contribution in [-0.2, 0) is 0 Å². The predicted molar refractivity (Wildman–Crippen MR) is 94.4 cm³/mol. The van der Waals surface area contributed by atoms with E-state index in [-0.39, 0.29) is 6.04 Å². The van der Waals surface area contributed by atoms with E-state index in [0.29, 0.717) is 0 Å². The highest BCUT2D eigenvalue weighted by atomic mass is 15.0. The first-order valence-electron chi connectivity index (χ1n) is 8.32. The van der Waals surface area contributed by atoms with Crippen molar-refractivity contribution in [3.63, 3.8) is 0 Å². The summed E-state index contributed by atoms with van der Waals surface area (Å²) in [5, 5.41) is 10.2. The zero-order chi connectivity index (χ0) is 16.2. The Labute approximate surface area is 138 Å². The molecule has 0 saturated heterocycles. The Morgan fingerprint density at radius 2 is 1.43 bits per heavy atom. The first-order valence-corrected chi connectivity index (χ1v) is 8.32. The van der Waals surface area contributed by atoms with Gasteiger partial charge in [-0.3, -0.25) is 9.97 Å². The molecule has 2 aromatic heterocycles. The minimum atomic E-state index is 0.0432. The molecule has 0 radical (unpaired) electrons. The highest BCUT2D eigenvalue weighted by Gasteiger charge is 2.15. The normalized spacial score (nSPS) is 11.0. The van der Waals surface area contributed by atoms with Crippen LogP contribution < -0.4 is 16.0 Å². The Kier molecular flexibility index (Phi) is 8.26. The molecule has 2 aromatic rings. The summed E-state index contributed by atoms with van der Waals surface area (Å²) in [7, 11) is 1.99. The monoisotopic (exact) mass is 313 g/mol. The molecule has 0 spiro atoms. The lowest BCUT2D eigenvalue weighted by Gasteiger charge is -2.18. The molecule has 0 amide bonds. The lowest BCUT2D eigenvalue weighted by Crippen LogP contribution is -2.28. The molecule has 0 aliphatic heterocycles. The third-order valence-corrected chi connectivity index (χ3v) is 3.63. The minimum absolute atomic E-state index is 0.0432. The molecule has 0 bridgehead atoms. The van der Waals surface area contributed by atoms with E-state index in [4.69, 9.17) is 0 Å². The van der Waals surface area contributed by atoms with Gasteiger partial charge in [-0.25, -0.2) is 0 Å². The van der Waals surface area contributed by atoms with E-state index in [0.717, 1.165) is 50.4 Å². The van der Waals surface area contributed by atoms with Gasteiger partial charge in [-0.2, -0.15) is 0 Å². The van der Waals surface area contributed by atoms with E-state index < -0.39 is 0 Å². The SMILES string of the molecule is CNCCCNCCCNC(c1ccccn1)c1ccccn1. The molecule has 0 saturated carbocycles. The number of nitrogens with zero attached hydrogens (tertiary/aromatic N) is 2. The van der Waals surface area contributed by atoms with E-state index >= 15 is 0 Å². The number of pyridine rings is 2. The summed E-state index contributed by atoms with van der Waals surface area (Å²) in [6.45, 7) is 4.07. The molecule has 0 aliphatic rings. The van der Waals surface area contributed by atoms with Crippen molar-refractivity contribution in [1.29, 1.82) is 0 Å². The van der Waals surface area contributed by atoms with E-state index in [1.807, 2.05) is 55.8 Å². The molecule has 0 fully saturated rings. The lowest BCUT2D eigenvalue weighted by molar-refractivity contribution is 0.536. The number of hydrogen-bond acceptors (Lipinski definition) is 5. The van der Waals surface area contributed by atoms with Gasteiger partial charge in [0, 0.05) is 12.4 Å². The van der Waals surface area contributed by atoms with Crippen LogP contribution in [-0.4, -0.2) is 43.2 Å². The molecule has 0 atom stereocenters. The topological polar surface area (TPSA) is 61.9 Å². The van der Waals surface area contributed by atoms with Crippen molar-refractivity contribution in [2.75, 3.05) is 33.2 Å². The second-order valence-electron chi connectivity index (χ2n) is 5.46. The van der Waals surface area contributed by atoms with Crippen LogP contribution in [0.15, 0.2) is 48.8 Å². The molecule has 2 rings (SSSR count).